The fourth-order valence-electron chi connectivity index (χ4n) is 2.85. The van der Waals surface area contributed by atoms with E-state index in [0.29, 0.717) is 0 Å². The SMILES string of the molecule is CC[N+]1(CCc2ccc([N+](=O)[O-])cc2)CCCC1. The number of nitro groups is 1. The van der Waals surface area contributed by atoms with Crippen molar-refractivity contribution in [3.8, 4) is 0 Å². The zero-order chi connectivity index (χ0) is 13.0. The summed E-state index contributed by atoms with van der Waals surface area (Å²) in [6, 6.07) is 6.99. The third kappa shape index (κ3) is 2.88. The van der Waals surface area contributed by atoms with Crippen LogP contribution in [0.15, 0.2) is 24.3 Å². The minimum atomic E-state index is -0.343. The van der Waals surface area contributed by atoms with Crippen molar-refractivity contribution in [3.63, 3.8) is 0 Å². The number of rotatable bonds is 5. The Bertz CT molecular complexity index is 408. The number of benzene rings is 1. The van der Waals surface area contributed by atoms with Gasteiger partial charge < -0.3 is 4.48 Å². The minimum absolute atomic E-state index is 0.180. The summed E-state index contributed by atoms with van der Waals surface area (Å²) in [6.45, 7) is 7.22. The van der Waals surface area contributed by atoms with Crippen molar-refractivity contribution in [1.29, 1.82) is 0 Å². The van der Waals surface area contributed by atoms with Crippen molar-refractivity contribution in [1.82, 2.24) is 0 Å². The molecule has 1 saturated heterocycles. The van der Waals surface area contributed by atoms with Gasteiger partial charge in [0.15, 0.2) is 0 Å². The van der Waals surface area contributed by atoms with Crippen LogP contribution in [-0.4, -0.2) is 35.6 Å². The van der Waals surface area contributed by atoms with Gasteiger partial charge in [-0.2, -0.15) is 0 Å². The molecule has 0 N–H and O–H groups in total. The van der Waals surface area contributed by atoms with Crippen LogP contribution in [0.5, 0.6) is 0 Å². The summed E-state index contributed by atoms with van der Waals surface area (Å²) in [7, 11) is 0. The van der Waals surface area contributed by atoms with E-state index in [9.17, 15) is 10.1 Å². The minimum Gasteiger partial charge on any atom is -0.324 e. The number of hydrogen-bond donors (Lipinski definition) is 0. The van der Waals surface area contributed by atoms with E-state index in [1.54, 1.807) is 12.1 Å². The molecule has 98 valence electrons. The fraction of sp³-hybridized carbons (Fsp3) is 0.571. The summed E-state index contributed by atoms with van der Waals surface area (Å²) in [5.74, 6) is 0. The lowest BCUT2D eigenvalue weighted by atomic mass is 10.1. The Labute approximate surface area is 108 Å². The first kappa shape index (κ1) is 13.0. The summed E-state index contributed by atoms with van der Waals surface area (Å²) >= 11 is 0. The van der Waals surface area contributed by atoms with Gasteiger partial charge in [-0.3, -0.25) is 10.1 Å². The molecule has 0 aromatic heterocycles. The third-order valence-electron chi connectivity index (χ3n) is 4.21. The number of non-ortho nitro benzene ring substituents is 1. The smallest absolute Gasteiger partial charge is 0.269 e. The van der Waals surface area contributed by atoms with Crippen LogP contribution in [0.2, 0.25) is 0 Å². The summed E-state index contributed by atoms with van der Waals surface area (Å²) in [6.07, 6.45) is 3.70. The van der Waals surface area contributed by atoms with Gasteiger partial charge in [-0.05, 0) is 12.5 Å². The van der Waals surface area contributed by atoms with E-state index in [1.807, 2.05) is 12.1 Å². The lowest BCUT2D eigenvalue weighted by Crippen LogP contribution is -2.46. The summed E-state index contributed by atoms with van der Waals surface area (Å²) in [4.78, 5) is 10.2. The van der Waals surface area contributed by atoms with Gasteiger partial charge in [-0.1, -0.05) is 12.1 Å². The maximum Gasteiger partial charge on any atom is 0.269 e. The van der Waals surface area contributed by atoms with Gasteiger partial charge in [-0.25, -0.2) is 0 Å². The van der Waals surface area contributed by atoms with Crippen LogP contribution in [0.25, 0.3) is 0 Å². The molecule has 1 heterocycles. The second-order valence-electron chi connectivity index (χ2n) is 5.21. The maximum absolute atomic E-state index is 10.6. The molecule has 2 rings (SSSR count). The Kier molecular flexibility index (Phi) is 3.97. The first-order valence-electron chi connectivity index (χ1n) is 6.74. The van der Waals surface area contributed by atoms with Gasteiger partial charge >= 0.3 is 0 Å². The van der Waals surface area contributed by atoms with E-state index in [-0.39, 0.29) is 10.6 Å². The molecule has 1 aliphatic heterocycles. The highest BCUT2D eigenvalue weighted by atomic mass is 16.6. The Hall–Kier alpha value is -1.42. The van der Waals surface area contributed by atoms with Crippen LogP contribution in [-0.2, 0) is 6.42 Å². The first-order chi connectivity index (χ1) is 8.65. The average Bonchev–Trinajstić information content (AvgIpc) is 2.86. The molecule has 1 fully saturated rings. The molecule has 0 spiro atoms. The molecule has 0 aliphatic carbocycles. The molecular formula is C14H21N2O2+. The second-order valence-corrected chi connectivity index (χ2v) is 5.21. The largest absolute Gasteiger partial charge is 0.324 e. The zero-order valence-electron chi connectivity index (χ0n) is 11.0. The van der Waals surface area contributed by atoms with Crippen molar-refractivity contribution in [3.05, 3.63) is 39.9 Å². The van der Waals surface area contributed by atoms with Gasteiger partial charge in [0.05, 0.1) is 31.1 Å². The predicted octanol–water partition coefficient (Wildman–Crippen LogP) is 2.77. The summed E-state index contributed by atoms with van der Waals surface area (Å²) < 4.78 is 1.22. The molecule has 4 heteroatoms. The fourth-order valence-corrected chi connectivity index (χ4v) is 2.85. The van der Waals surface area contributed by atoms with Crippen molar-refractivity contribution in [2.75, 3.05) is 26.2 Å². The van der Waals surface area contributed by atoms with Crippen LogP contribution >= 0.6 is 0 Å². The molecule has 0 saturated carbocycles. The Morgan fingerprint density at radius 3 is 2.33 bits per heavy atom. The van der Waals surface area contributed by atoms with Crippen molar-refractivity contribution >= 4 is 5.69 Å². The Morgan fingerprint density at radius 1 is 1.22 bits per heavy atom. The van der Waals surface area contributed by atoms with Crippen LogP contribution in [0, 0.1) is 10.1 Å². The van der Waals surface area contributed by atoms with E-state index in [1.165, 1.54) is 42.5 Å². The molecule has 0 amide bonds. The lowest BCUT2D eigenvalue weighted by molar-refractivity contribution is -0.914. The Morgan fingerprint density at radius 2 is 1.83 bits per heavy atom. The summed E-state index contributed by atoms with van der Waals surface area (Å²) in [5.41, 5.74) is 1.39. The maximum atomic E-state index is 10.6. The van der Waals surface area contributed by atoms with Gasteiger partial charge in [0.1, 0.15) is 0 Å². The standard InChI is InChI=1S/C14H21N2O2/c1-2-16(10-3-4-11-16)12-9-13-5-7-14(8-6-13)15(17)18/h5-8H,2-4,9-12H2,1H3/q+1. The number of nitro benzene ring substituents is 1. The summed E-state index contributed by atoms with van der Waals surface area (Å²) in [5, 5.41) is 10.6. The van der Waals surface area contributed by atoms with Gasteiger partial charge in [0, 0.05) is 31.4 Å². The first-order valence-corrected chi connectivity index (χ1v) is 6.74. The molecule has 0 radical (unpaired) electrons. The van der Waals surface area contributed by atoms with Crippen molar-refractivity contribution in [2.24, 2.45) is 0 Å². The van der Waals surface area contributed by atoms with Gasteiger partial charge in [0.25, 0.3) is 5.69 Å². The van der Waals surface area contributed by atoms with E-state index in [2.05, 4.69) is 6.92 Å². The highest BCUT2D eigenvalue weighted by Crippen LogP contribution is 2.20. The van der Waals surface area contributed by atoms with E-state index >= 15 is 0 Å². The molecule has 0 unspecified atom stereocenters. The average molecular weight is 249 g/mol. The molecule has 18 heavy (non-hydrogen) atoms. The quantitative estimate of drug-likeness (QED) is 0.457. The van der Waals surface area contributed by atoms with Crippen molar-refractivity contribution < 1.29 is 9.41 Å². The van der Waals surface area contributed by atoms with E-state index < -0.39 is 0 Å². The van der Waals surface area contributed by atoms with Crippen molar-refractivity contribution in [2.45, 2.75) is 26.2 Å². The van der Waals surface area contributed by atoms with Crippen LogP contribution in [0.4, 0.5) is 5.69 Å². The van der Waals surface area contributed by atoms with E-state index in [4.69, 9.17) is 0 Å². The van der Waals surface area contributed by atoms with Gasteiger partial charge in [-0.15, -0.1) is 0 Å². The molecular weight excluding hydrogens is 228 g/mol. The molecule has 0 bridgehead atoms. The normalized spacial score (nSPS) is 17.8. The van der Waals surface area contributed by atoms with Gasteiger partial charge in [0.2, 0.25) is 0 Å². The van der Waals surface area contributed by atoms with Crippen LogP contribution < -0.4 is 0 Å². The number of nitrogens with zero attached hydrogens (tertiary/aromatic N) is 2. The lowest BCUT2D eigenvalue weighted by Gasteiger charge is -2.33. The molecule has 0 atom stereocenters. The molecule has 1 aromatic rings. The zero-order valence-corrected chi connectivity index (χ0v) is 11.0. The number of quaternary nitrogens is 1. The monoisotopic (exact) mass is 249 g/mol. The highest BCUT2D eigenvalue weighted by Gasteiger charge is 2.29. The highest BCUT2D eigenvalue weighted by molar-refractivity contribution is 5.32. The molecule has 4 nitrogen and oxygen atoms in total. The predicted molar refractivity (Wildman–Crippen MR) is 71.4 cm³/mol. The van der Waals surface area contributed by atoms with Crippen LogP contribution in [0.3, 0.4) is 0 Å². The number of hydrogen-bond acceptors (Lipinski definition) is 2. The number of likely N-dealkylation sites (tertiary alicyclic amines) is 1. The topological polar surface area (TPSA) is 43.1 Å². The third-order valence-corrected chi connectivity index (χ3v) is 4.21. The molecule has 1 aromatic carbocycles. The Balaban J connectivity index is 1.95. The second kappa shape index (κ2) is 5.48. The molecule has 1 aliphatic rings. The van der Waals surface area contributed by atoms with E-state index in [0.717, 1.165) is 13.0 Å². The van der Waals surface area contributed by atoms with Crippen LogP contribution in [0.1, 0.15) is 25.3 Å². The number of likely N-dealkylation sites (N-methyl/N-ethyl adjacent to an activating group) is 1.